The van der Waals surface area contributed by atoms with Crippen molar-refractivity contribution in [1.82, 2.24) is 4.31 Å². The fraction of sp³-hybridized carbons (Fsp3) is 0.625. The van der Waals surface area contributed by atoms with Gasteiger partial charge in [-0.1, -0.05) is 18.1 Å². The van der Waals surface area contributed by atoms with Crippen LogP contribution >= 0.6 is 0 Å². The van der Waals surface area contributed by atoms with Gasteiger partial charge in [0.2, 0.25) is 10.0 Å². The van der Waals surface area contributed by atoms with E-state index < -0.39 is 25.9 Å². The second kappa shape index (κ2) is 8.47. The molecular weight excluding hydrogens is 392 g/mol. The summed E-state index contributed by atoms with van der Waals surface area (Å²) < 4.78 is 54.6. The number of rotatable bonds is 7. The SMILES string of the molecule is CC(N=[N+]=[N-])c1ccc(OCC2CCN(S(C)(=O)=O)CC2)c(S(C)(=O)=O)c1. The van der Waals surface area contributed by atoms with Crippen molar-refractivity contribution < 1.29 is 21.6 Å². The highest BCUT2D eigenvalue weighted by Crippen LogP contribution is 2.30. The number of sulfone groups is 1. The van der Waals surface area contributed by atoms with Crippen LogP contribution in [0, 0.1) is 5.92 Å². The molecule has 1 atom stereocenters. The second-order valence-electron chi connectivity index (χ2n) is 6.78. The van der Waals surface area contributed by atoms with Gasteiger partial charge >= 0.3 is 0 Å². The molecule has 1 unspecified atom stereocenters. The number of piperidine rings is 1. The lowest BCUT2D eigenvalue weighted by Crippen LogP contribution is -2.39. The Labute approximate surface area is 159 Å². The fourth-order valence-corrected chi connectivity index (χ4v) is 4.67. The molecule has 0 aromatic heterocycles. The van der Waals surface area contributed by atoms with E-state index in [0.717, 1.165) is 6.26 Å². The van der Waals surface area contributed by atoms with E-state index in [1.807, 2.05) is 0 Å². The molecule has 1 saturated heterocycles. The van der Waals surface area contributed by atoms with Crippen LogP contribution in [0.3, 0.4) is 0 Å². The smallest absolute Gasteiger partial charge is 0.211 e. The van der Waals surface area contributed by atoms with Crippen molar-refractivity contribution in [1.29, 1.82) is 0 Å². The number of nitrogens with zero attached hydrogens (tertiary/aromatic N) is 4. The molecule has 0 aliphatic carbocycles. The predicted octanol–water partition coefficient (Wildman–Crippen LogP) is 2.51. The minimum Gasteiger partial charge on any atom is -0.492 e. The Morgan fingerprint density at radius 2 is 1.89 bits per heavy atom. The van der Waals surface area contributed by atoms with E-state index in [0.29, 0.717) is 38.1 Å². The van der Waals surface area contributed by atoms with Crippen LogP contribution in [-0.4, -0.2) is 53.3 Å². The Hall–Kier alpha value is -1.81. The summed E-state index contributed by atoms with van der Waals surface area (Å²) in [6, 6.07) is 4.22. The van der Waals surface area contributed by atoms with Crippen LogP contribution in [0.4, 0.5) is 0 Å². The van der Waals surface area contributed by atoms with Crippen molar-refractivity contribution in [2.45, 2.75) is 30.7 Å². The van der Waals surface area contributed by atoms with Crippen molar-refractivity contribution in [2.75, 3.05) is 32.2 Å². The van der Waals surface area contributed by atoms with Gasteiger partial charge in [-0.2, -0.15) is 0 Å². The van der Waals surface area contributed by atoms with Gasteiger partial charge in [-0.15, -0.1) is 0 Å². The molecule has 0 spiro atoms. The third-order valence-corrected chi connectivity index (χ3v) is 7.01. The second-order valence-corrected chi connectivity index (χ2v) is 10.7. The van der Waals surface area contributed by atoms with Crippen molar-refractivity contribution in [3.63, 3.8) is 0 Å². The number of ether oxygens (including phenoxy) is 1. The summed E-state index contributed by atoms with van der Waals surface area (Å²) in [6.07, 6.45) is 3.61. The number of hydrogen-bond donors (Lipinski definition) is 0. The zero-order valence-electron chi connectivity index (χ0n) is 15.6. The molecule has 9 nitrogen and oxygen atoms in total. The molecular formula is C16H24N4O5S2. The molecule has 150 valence electrons. The van der Waals surface area contributed by atoms with E-state index in [1.54, 1.807) is 19.1 Å². The molecule has 11 heteroatoms. The first-order valence-electron chi connectivity index (χ1n) is 8.48. The highest BCUT2D eigenvalue weighted by molar-refractivity contribution is 7.90. The van der Waals surface area contributed by atoms with Gasteiger partial charge in [0, 0.05) is 24.3 Å². The Bertz CT molecular complexity index is 932. The Balaban J connectivity index is 2.11. The number of hydrogen-bond acceptors (Lipinski definition) is 6. The highest BCUT2D eigenvalue weighted by atomic mass is 32.2. The van der Waals surface area contributed by atoms with Gasteiger partial charge in [-0.05, 0) is 42.0 Å². The van der Waals surface area contributed by atoms with Gasteiger partial charge in [0.25, 0.3) is 0 Å². The van der Waals surface area contributed by atoms with E-state index in [4.69, 9.17) is 10.3 Å². The largest absolute Gasteiger partial charge is 0.492 e. The van der Waals surface area contributed by atoms with Crippen molar-refractivity contribution in [2.24, 2.45) is 11.0 Å². The number of benzene rings is 1. The molecule has 0 amide bonds. The lowest BCUT2D eigenvalue weighted by atomic mass is 9.99. The topological polar surface area (TPSA) is 130 Å². The van der Waals surface area contributed by atoms with Gasteiger partial charge in [-0.3, -0.25) is 0 Å². The third-order valence-electron chi connectivity index (χ3n) is 4.59. The summed E-state index contributed by atoms with van der Waals surface area (Å²) >= 11 is 0. The lowest BCUT2D eigenvalue weighted by Gasteiger charge is -2.30. The van der Waals surface area contributed by atoms with Gasteiger partial charge in [0.1, 0.15) is 10.6 Å². The fourth-order valence-electron chi connectivity index (χ4n) is 2.95. The lowest BCUT2D eigenvalue weighted by molar-refractivity contribution is 0.183. The minimum absolute atomic E-state index is 0.0496. The van der Waals surface area contributed by atoms with Gasteiger partial charge < -0.3 is 4.74 Å². The van der Waals surface area contributed by atoms with E-state index in [9.17, 15) is 16.8 Å². The first-order chi connectivity index (χ1) is 12.5. The molecule has 1 aliphatic rings. The summed E-state index contributed by atoms with van der Waals surface area (Å²) in [5, 5.41) is 3.59. The summed E-state index contributed by atoms with van der Waals surface area (Å²) in [5.41, 5.74) is 9.14. The summed E-state index contributed by atoms with van der Waals surface area (Å²) in [5.74, 6) is 0.400. The third kappa shape index (κ3) is 5.83. The zero-order chi connectivity index (χ0) is 20.2. The van der Waals surface area contributed by atoms with Crippen molar-refractivity contribution in [3.05, 3.63) is 34.2 Å². The minimum atomic E-state index is -3.53. The molecule has 0 radical (unpaired) electrons. The van der Waals surface area contributed by atoms with Gasteiger partial charge in [0.15, 0.2) is 9.84 Å². The van der Waals surface area contributed by atoms with Crippen LogP contribution in [0.25, 0.3) is 10.4 Å². The van der Waals surface area contributed by atoms with Gasteiger partial charge in [-0.25, -0.2) is 21.1 Å². The first kappa shape index (κ1) is 21.5. The molecule has 27 heavy (non-hydrogen) atoms. The Morgan fingerprint density at radius 3 is 2.41 bits per heavy atom. The average Bonchev–Trinajstić information content (AvgIpc) is 2.59. The summed E-state index contributed by atoms with van der Waals surface area (Å²) in [7, 11) is -6.71. The quantitative estimate of drug-likeness (QED) is 0.383. The molecule has 1 heterocycles. The Kier molecular flexibility index (Phi) is 6.74. The van der Waals surface area contributed by atoms with Crippen molar-refractivity contribution in [3.8, 4) is 5.75 Å². The molecule has 0 N–H and O–H groups in total. The van der Waals surface area contributed by atoms with Crippen molar-refractivity contribution >= 4 is 19.9 Å². The molecule has 0 saturated carbocycles. The number of azide groups is 1. The molecule has 2 rings (SSSR count). The summed E-state index contributed by atoms with van der Waals surface area (Å²) in [6.45, 7) is 2.87. The van der Waals surface area contributed by atoms with Crippen LogP contribution in [0.1, 0.15) is 31.4 Å². The van der Waals surface area contributed by atoms with Crippen LogP contribution in [0.2, 0.25) is 0 Å². The number of sulfonamides is 1. The Morgan fingerprint density at radius 1 is 1.26 bits per heavy atom. The normalized spacial score (nSPS) is 17.9. The van der Waals surface area contributed by atoms with E-state index in [1.165, 1.54) is 16.6 Å². The molecule has 1 aromatic carbocycles. The highest BCUT2D eigenvalue weighted by Gasteiger charge is 2.26. The van der Waals surface area contributed by atoms with E-state index >= 15 is 0 Å². The standard InChI is InChI=1S/C16H24N4O5S2/c1-12(18-19-17)14-4-5-15(16(10-14)26(2,21)22)25-11-13-6-8-20(9-7-13)27(3,23)24/h4-5,10,12-13H,6-9,11H2,1-3H3. The zero-order valence-corrected chi connectivity index (χ0v) is 17.2. The van der Waals surface area contributed by atoms with Gasteiger partial charge in [0.05, 0.1) is 18.9 Å². The van der Waals surface area contributed by atoms with Crippen LogP contribution < -0.4 is 4.74 Å². The van der Waals surface area contributed by atoms with Crippen LogP contribution in [-0.2, 0) is 19.9 Å². The molecule has 0 bridgehead atoms. The summed E-state index contributed by atoms with van der Waals surface area (Å²) in [4.78, 5) is 2.79. The first-order valence-corrected chi connectivity index (χ1v) is 12.2. The maximum absolute atomic E-state index is 12.1. The molecule has 1 aromatic rings. The predicted molar refractivity (Wildman–Crippen MR) is 102 cm³/mol. The average molecular weight is 417 g/mol. The maximum atomic E-state index is 12.1. The van der Waals surface area contributed by atoms with Crippen LogP contribution in [0.15, 0.2) is 28.2 Å². The monoisotopic (exact) mass is 416 g/mol. The molecule has 1 aliphatic heterocycles. The van der Waals surface area contributed by atoms with Crippen LogP contribution in [0.5, 0.6) is 5.75 Å². The van der Waals surface area contributed by atoms with E-state index in [2.05, 4.69) is 10.0 Å². The van der Waals surface area contributed by atoms with E-state index in [-0.39, 0.29) is 16.6 Å². The molecule has 1 fully saturated rings. The maximum Gasteiger partial charge on any atom is 0.211 e.